The quantitative estimate of drug-likeness (QED) is 0.791. The molecule has 3 nitrogen and oxygen atoms in total. The van der Waals surface area contributed by atoms with Gasteiger partial charge in [-0.05, 0) is 25.1 Å². The number of amides is 1. The van der Waals surface area contributed by atoms with Gasteiger partial charge in [0.25, 0.3) is 5.91 Å². The van der Waals surface area contributed by atoms with Crippen molar-refractivity contribution in [1.29, 1.82) is 0 Å². The Morgan fingerprint density at radius 2 is 2.25 bits per heavy atom. The summed E-state index contributed by atoms with van der Waals surface area (Å²) in [6.45, 7) is 1.50. The molecule has 1 aromatic rings. The van der Waals surface area contributed by atoms with Gasteiger partial charge in [-0.1, -0.05) is 6.07 Å². The van der Waals surface area contributed by atoms with Crippen molar-refractivity contribution >= 4 is 5.91 Å². The fourth-order valence-electron chi connectivity index (χ4n) is 1.72. The molecule has 0 saturated carbocycles. The van der Waals surface area contributed by atoms with E-state index in [1.165, 1.54) is 12.1 Å². The molecule has 86 valence electrons. The second kappa shape index (κ2) is 4.57. The molecule has 2 N–H and O–H groups in total. The largest absolute Gasteiger partial charge is 0.348 e. The van der Waals surface area contributed by atoms with Gasteiger partial charge in [0.05, 0.1) is 5.56 Å². The predicted octanol–water partition coefficient (Wildman–Crippen LogP) is 1.06. The van der Waals surface area contributed by atoms with E-state index >= 15 is 0 Å². The Hall–Kier alpha value is -1.49. The van der Waals surface area contributed by atoms with Crippen molar-refractivity contribution in [2.45, 2.75) is 12.5 Å². The topological polar surface area (TPSA) is 41.1 Å². The zero-order valence-corrected chi connectivity index (χ0v) is 8.59. The fraction of sp³-hybridized carbons (Fsp3) is 0.364. The molecule has 0 radical (unpaired) electrons. The highest BCUT2D eigenvalue weighted by atomic mass is 19.2. The van der Waals surface area contributed by atoms with Crippen molar-refractivity contribution in [2.75, 3.05) is 13.1 Å². The summed E-state index contributed by atoms with van der Waals surface area (Å²) in [4.78, 5) is 11.6. The van der Waals surface area contributed by atoms with Crippen LogP contribution in [0.15, 0.2) is 18.2 Å². The molecule has 1 amide bonds. The molecule has 1 aliphatic heterocycles. The van der Waals surface area contributed by atoms with E-state index in [0.717, 1.165) is 19.0 Å². The van der Waals surface area contributed by atoms with Crippen LogP contribution in [0.4, 0.5) is 8.78 Å². The fourth-order valence-corrected chi connectivity index (χ4v) is 1.72. The molecule has 1 fully saturated rings. The average Bonchev–Trinajstić information content (AvgIpc) is 2.74. The SMILES string of the molecule is O=C(NC1CCNC1)c1cccc(F)c1F. The summed E-state index contributed by atoms with van der Waals surface area (Å²) in [5.74, 6) is -2.66. The number of hydrogen-bond acceptors (Lipinski definition) is 2. The molecule has 1 unspecified atom stereocenters. The summed E-state index contributed by atoms with van der Waals surface area (Å²) in [7, 11) is 0. The van der Waals surface area contributed by atoms with Gasteiger partial charge >= 0.3 is 0 Å². The van der Waals surface area contributed by atoms with Gasteiger partial charge in [0.2, 0.25) is 0 Å². The van der Waals surface area contributed by atoms with E-state index in [2.05, 4.69) is 10.6 Å². The Labute approximate surface area is 91.8 Å². The highest BCUT2D eigenvalue weighted by molar-refractivity contribution is 5.94. The summed E-state index contributed by atoms with van der Waals surface area (Å²) in [5, 5.41) is 5.73. The average molecular weight is 226 g/mol. The van der Waals surface area contributed by atoms with Gasteiger partial charge in [-0.25, -0.2) is 8.78 Å². The highest BCUT2D eigenvalue weighted by Gasteiger charge is 2.20. The maximum Gasteiger partial charge on any atom is 0.254 e. The van der Waals surface area contributed by atoms with E-state index in [9.17, 15) is 13.6 Å². The van der Waals surface area contributed by atoms with Gasteiger partial charge in [-0.3, -0.25) is 4.79 Å². The standard InChI is InChI=1S/C11H12F2N2O/c12-9-3-1-2-8(10(9)13)11(16)15-7-4-5-14-6-7/h1-3,7,14H,4-6H2,(H,15,16). The predicted molar refractivity (Wildman–Crippen MR) is 55.1 cm³/mol. The summed E-state index contributed by atoms with van der Waals surface area (Å²) in [6.07, 6.45) is 0.808. The van der Waals surface area contributed by atoms with Crippen molar-refractivity contribution in [3.05, 3.63) is 35.4 Å². The molecule has 16 heavy (non-hydrogen) atoms. The molecule has 0 aromatic heterocycles. The van der Waals surface area contributed by atoms with Crippen LogP contribution in [-0.4, -0.2) is 25.0 Å². The minimum absolute atomic E-state index is 0.00447. The van der Waals surface area contributed by atoms with Gasteiger partial charge in [0.15, 0.2) is 11.6 Å². The van der Waals surface area contributed by atoms with Gasteiger partial charge in [-0.15, -0.1) is 0 Å². The number of rotatable bonds is 2. The van der Waals surface area contributed by atoms with E-state index in [4.69, 9.17) is 0 Å². The van der Waals surface area contributed by atoms with Gasteiger partial charge in [0, 0.05) is 12.6 Å². The molecule has 0 bridgehead atoms. The molecule has 0 aliphatic carbocycles. The molecule has 1 heterocycles. The Morgan fingerprint density at radius 1 is 1.44 bits per heavy atom. The summed E-state index contributed by atoms with van der Waals surface area (Å²) in [6, 6.07) is 3.58. The molecule has 1 aliphatic rings. The van der Waals surface area contributed by atoms with Crippen molar-refractivity contribution in [3.63, 3.8) is 0 Å². The van der Waals surface area contributed by atoms with Gasteiger partial charge in [0.1, 0.15) is 0 Å². The minimum atomic E-state index is -1.09. The number of carbonyl (C=O) groups excluding carboxylic acids is 1. The van der Waals surface area contributed by atoms with Crippen molar-refractivity contribution in [2.24, 2.45) is 0 Å². The third kappa shape index (κ3) is 2.19. The maximum absolute atomic E-state index is 13.3. The lowest BCUT2D eigenvalue weighted by Gasteiger charge is -2.11. The molecule has 1 saturated heterocycles. The zero-order valence-electron chi connectivity index (χ0n) is 8.59. The lowest BCUT2D eigenvalue weighted by molar-refractivity contribution is 0.0935. The van der Waals surface area contributed by atoms with E-state index in [-0.39, 0.29) is 11.6 Å². The summed E-state index contributed by atoms with van der Waals surface area (Å²) >= 11 is 0. The summed E-state index contributed by atoms with van der Waals surface area (Å²) in [5.41, 5.74) is -0.244. The van der Waals surface area contributed by atoms with Crippen molar-refractivity contribution in [1.82, 2.24) is 10.6 Å². The first-order valence-electron chi connectivity index (χ1n) is 5.14. The monoisotopic (exact) mass is 226 g/mol. The molecule has 5 heteroatoms. The third-order valence-electron chi connectivity index (χ3n) is 2.59. The number of benzene rings is 1. The van der Waals surface area contributed by atoms with Crippen LogP contribution >= 0.6 is 0 Å². The first kappa shape index (κ1) is 11.0. The van der Waals surface area contributed by atoms with Crippen molar-refractivity contribution < 1.29 is 13.6 Å². The Morgan fingerprint density at radius 3 is 2.94 bits per heavy atom. The van der Waals surface area contributed by atoms with E-state index < -0.39 is 17.5 Å². The molecule has 1 atom stereocenters. The molecule has 0 spiro atoms. The number of hydrogen-bond donors (Lipinski definition) is 2. The van der Waals surface area contributed by atoms with Crippen LogP contribution in [0, 0.1) is 11.6 Å². The normalized spacial score (nSPS) is 19.8. The Kier molecular flexibility index (Phi) is 3.14. The second-order valence-electron chi connectivity index (χ2n) is 3.76. The van der Waals surface area contributed by atoms with Crippen molar-refractivity contribution in [3.8, 4) is 0 Å². The Balaban J connectivity index is 2.11. The molecule has 1 aromatic carbocycles. The number of carbonyl (C=O) groups is 1. The molecule has 2 rings (SSSR count). The number of halogens is 2. The molecular formula is C11H12F2N2O. The molecular weight excluding hydrogens is 214 g/mol. The van der Waals surface area contributed by atoms with Crippen LogP contribution in [0.1, 0.15) is 16.8 Å². The third-order valence-corrected chi connectivity index (χ3v) is 2.59. The smallest absolute Gasteiger partial charge is 0.254 e. The van der Waals surface area contributed by atoms with Crippen LogP contribution in [0.3, 0.4) is 0 Å². The van der Waals surface area contributed by atoms with Crippen LogP contribution < -0.4 is 10.6 Å². The zero-order chi connectivity index (χ0) is 11.5. The van der Waals surface area contributed by atoms with Crippen LogP contribution in [0.5, 0.6) is 0 Å². The van der Waals surface area contributed by atoms with E-state index in [1.807, 2.05) is 0 Å². The lowest BCUT2D eigenvalue weighted by atomic mass is 10.1. The second-order valence-corrected chi connectivity index (χ2v) is 3.76. The van der Waals surface area contributed by atoms with Gasteiger partial charge in [-0.2, -0.15) is 0 Å². The summed E-state index contributed by atoms with van der Waals surface area (Å²) < 4.78 is 26.2. The first-order valence-corrected chi connectivity index (χ1v) is 5.14. The van der Waals surface area contributed by atoms with Crippen LogP contribution in [0.2, 0.25) is 0 Å². The van der Waals surface area contributed by atoms with Crippen LogP contribution in [-0.2, 0) is 0 Å². The first-order chi connectivity index (χ1) is 7.68. The van der Waals surface area contributed by atoms with Gasteiger partial charge < -0.3 is 10.6 Å². The van der Waals surface area contributed by atoms with Crippen LogP contribution in [0.25, 0.3) is 0 Å². The lowest BCUT2D eigenvalue weighted by Crippen LogP contribution is -2.36. The number of nitrogens with one attached hydrogen (secondary N) is 2. The van der Waals surface area contributed by atoms with E-state index in [0.29, 0.717) is 6.54 Å². The van der Waals surface area contributed by atoms with E-state index in [1.54, 1.807) is 0 Å². The minimum Gasteiger partial charge on any atom is -0.348 e. The maximum atomic E-state index is 13.3. The highest BCUT2D eigenvalue weighted by Crippen LogP contribution is 2.11. The Bertz CT molecular complexity index is 403.